The van der Waals surface area contributed by atoms with Crippen molar-refractivity contribution in [3.8, 4) is 0 Å². The smallest absolute Gasteiger partial charge is 0.0809 e. The molecule has 3 aromatic rings. The zero-order valence-electron chi connectivity index (χ0n) is 11.6. The molecule has 0 spiro atoms. The highest BCUT2D eigenvalue weighted by Crippen LogP contribution is 2.24. The molecule has 0 fully saturated rings. The van der Waals surface area contributed by atoms with E-state index in [-0.39, 0.29) is 12.1 Å². The lowest BCUT2D eigenvalue weighted by molar-refractivity contribution is 0.494. The third-order valence-electron chi connectivity index (χ3n) is 3.53. The highest BCUT2D eigenvalue weighted by molar-refractivity contribution is 7.17. The molecule has 0 aliphatic rings. The Hall–Kier alpha value is -1.78. The summed E-state index contributed by atoms with van der Waals surface area (Å²) in [6.07, 6.45) is 5.63. The number of nitrogens with zero attached hydrogens (tertiary/aromatic N) is 2. The number of aromatic nitrogens is 2. The first-order chi connectivity index (χ1) is 9.74. The Morgan fingerprint density at radius 3 is 2.60 bits per heavy atom. The molecule has 1 unspecified atom stereocenters. The van der Waals surface area contributed by atoms with Crippen LogP contribution >= 0.6 is 11.3 Å². The molecular weight excluding hydrogens is 266 g/mol. The Morgan fingerprint density at radius 1 is 1.05 bits per heavy atom. The number of hydrogen-bond acceptors (Lipinski definition) is 4. The van der Waals surface area contributed by atoms with Crippen LogP contribution in [0.3, 0.4) is 0 Å². The van der Waals surface area contributed by atoms with Gasteiger partial charge in [-0.25, -0.2) is 0 Å². The van der Waals surface area contributed by atoms with E-state index in [2.05, 4.69) is 46.6 Å². The third kappa shape index (κ3) is 2.71. The highest BCUT2D eigenvalue weighted by Gasteiger charge is 2.12. The quantitative estimate of drug-likeness (QED) is 0.783. The van der Waals surface area contributed by atoms with E-state index in [4.69, 9.17) is 0 Å². The van der Waals surface area contributed by atoms with E-state index < -0.39 is 0 Å². The largest absolute Gasteiger partial charge is 0.304 e. The molecule has 0 saturated carbocycles. The summed E-state index contributed by atoms with van der Waals surface area (Å²) in [6, 6.07) is 8.92. The van der Waals surface area contributed by atoms with Crippen molar-refractivity contribution in [3.63, 3.8) is 0 Å². The van der Waals surface area contributed by atoms with E-state index in [1.807, 2.05) is 30.7 Å². The Kier molecular flexibility index (Phi) is 3.76. The molecule has 0 aliphatic heterocycles. The second-order valence-corrected chi connectivity index (χ2v) is 5.91. The summed E-state index contributed by atoms with van der Waals surface area (Å²) in [6.45, 7) is 4.34. The molecule has 3 rings (SSSR count). The van der Waals surface area contributed by atoms with Crippen LogP contribution in [0.4, 0.5) is 0 Å². The molecule has 4 heteroatoms. The fraction of sp³-hybridized carbons (Fsp3) is 0.250. The van der Waals surface area contributed by atoms with Crippen molar-refractivity contribution < 1.29 is 0 Å². The Bertz CT molecular complexity index is 693. The van der Waals surface area contributed by atoms with Crippen molar-refractivity contribution in [2.45, 2.75) is 25.9 Å². The van der Waals surface area contributed by atoms with Gasteiger partial charge in [-0.3, -0.25) is 9.97 Å². The van der Waals surface area contributed by atoms with Crippen molar-refractivity contribution in [1.29, 1.82) is 0 Å². The number of pyridine rings is 2. The summed E-state index contributed by atoms with van der Waals surface area (Å²) in [5.74, 6) is 0. The minimum Gasteiger partial charge on any atom is -0.304 e. The maximum atomic E-state index is 4.50. The lowest BCUT2D eigenvalue weighted by Crippen LogP contribution is -2.22. The Morgan fingerprint density at radius 2 is 1.80 bits per heavy atom. The molecule has 0 amide bonds. The van der Waals surface area contributed by atoms with Gasteiger partial charge in [-0.2, -0.15) is 0 Å². The van der Waals surface area contributed by atoms with Crippen LogP contribution in [-0.4, -0.2) is 9.97 Å². The van der Waals surface area contributed by atoms with Gasteiger partial charge in [0.1, 0.15) is 0 Å². The van der Waals surface area contributed by atoms with Gasteiger partial charge in [0.25, 0.3) is 0 Å². The monoisotopic (exact) mass is 283 g/mol. The van der Waals surface area contributed by atoms with E-state index >= 15 is 0 Å². The van der Waals surface area contributed by atoms with Crippen molar-refractivity contribution in [2.24, 2.45) is 0 Å². The fourth-order valence-corrected chi connectivity index (χ4v) is 3.11. The molecule has 20 heavy (non-hydrogen) atoms. The summed E-state index contributed by atoms with van der Waals surface area (Å²) in [5, 5.41) is 5.69. The van der Waals surface area contributed by atoms with Crippen LogP contribution in [0.1, 0.15) is 37.1 Å². The molecule has 0 aliphatic carbocycles. The topological polar surface area (TPSA) is 37.8 Å². The molecule has 3 aromatic heterocycles. The van der Waals surface area contributed by atoms with Crippen molar-refractivity contribution >= 4 is 21.6 Å². The minimum atomic E-state index is 0.261. The zero-order valence-corrected chi connectivity index (χ0v) is 12.4. The number of rotatable bonds is 4. The summed E-state index contributed by atoms with van der Waals surface area (Å²) >= 11 is 1.74. The first kappa shape index (κ1) is 13.2. The second kappa shape index (κ2) is 5.69. The highest BCUT2D eigenvalue weighted by atomic mass is 32.1. The van der Waals surface area contributed by atoms with Gasteiger partial charge < -0.3 is 5.32 Å². The van der Waals surface area contributed by atoms with Crippen LogP contribution in [0.15, 0.2) is 48.2 Å². The summed E-state index contributed by atoms with van der Waals surface area (Å²) < 4.78 is 1.24. The van der Waals surface area contributed by atoms with Gasteiger partial charge in [0.05, 0.1) is 10.2 Å². The van der Waals surface area contributed by atoms with Crippen LogP contribution < -0.4 is 5.32 Å². The molecule has 2 atom stereocenters. The molecule has 3 heterocycles. The number of fused-ring (bicyclic) bond motifs is 1. The first-order valence-electron chi connectivity index (χ1n) is 6.73. The number of hydrogen-bond donors (Lipinski definition) is 1. The van der Waals surface area contributed by atoms with Crippen molar-refractivity contribution in [2.75, 3.05) is 0 Å². The number of nitrogens with one attached hydrogen (secondary N) is 1. The van der Waals surface area contributed by atoms with Crippen LogP contribution in [0.25, 0.3) is 10.2 Å². The van der Waals surface area contributed by atoms with Crippen LogP contribution in [-0.2, 0) is 0 Å². The molecular formula is C16H17N3S. The molecule has 102 valence electrons. The number of thiophene rings is 1. The zero-order chi connectivity index (χ0) is 13.9. The molecule has 0 saturated heterocycles. The minimum absolute atomic E-state index is 0.261. The van der Waals surface area contributed by atoms with Gasteiger partial charge in [0.15, 0.2) is 0 Å². The van der Waals surface area contributed by atoms with Gasteiger partial charge in [-0.05, 0) is 54.6 Å². The van der Waals surface area contributed by atoms with Gasteiger partial charge in [0.2, 0.25) is 0 Å². The van der Waals surface area contributed by atoms with Crippen LogP contribution in [0, 0.1) is 0 Å². The van der Waals surface area contributed by atoms with E-state index in [9.17, 15) is 0 Å². The van der Waals surface area contributed by atoms with E-state index in [0.717, 1.165) is 5.52 Å². The molecule has 0 radical (unpaired) electrons. The van der Waals surface area contributed by atoms with E-state index in [0.29, 0.717) is 0 Å². The average molecular weight is 283 g/mol. The van der Waals surface area contributed by atoms with E-state index in [1.165, 1.54) is 15.8 Å². The molecule has 0 bridgehead atoms. The third-order valence-corrected chi connectivity index (χ3v) is 4.38. The summed E-state index contributed by atoms with van der Waals surface area (Å²) in [7, 11) is 0. The second-order valence-electron chi connectivity index (χ2n) is 4.96. The van der Waals surface area contributed by atoms with E-state index in [1.54, 1.807) is 11.3 Å². The first-order valence-corrected chi connectivity index (χ1v) is 7.61. The van der Waals surface area contributed by atoms with Crippen LogP contribution in [0.2, 0.25) is 0 Å². The molecule has 1 N–H and O–H groups in total. The predicted molar refractivity (Wildman–Crippen MR) is 83.8 cm³/mol. The molecule has 3 nitrogen and oxygen atoms in total. The maximum Gasteiger partial charge on any atom is 0.0809 e. The SMILES string of the molecule is CC(N[C@H](C)c1ccncc1)c1cnc2ccsc2c1. The van der Waals surface area contributed by atoms with Gasteiger partial charge in [0, 0.05) is 30.7 Å². The van der Waals surface area contributed by atoms with Gasteiger partial charge in [-0.1, -0.05) is 0 Å². The lowest BCUT2D eigenvalue weighted by Gasteiger charge is -2.20. The molecule has 0 aromatic carbocycles. The van der Waals surface area contributed by atoms with Gasteiger partial charge in [-0.15, -0.1) is 11.3 Å². The Labute approximate surface area is 122 Å². The lowest BCUT2D eigenvalue weighted by atomic mass is 10.1. The van der Waals surface area contributed by atoms with Crippen molar-refractivity contribution in [3.05, 3.63) is 59.4 Å². The average Bonchev–Trinajstić information content (AvgIpc) is 2.95. The predicted octanol–water partition coefficient (Wildman–Crippen LogP) is 4.10. The van der Waals surface area contributed by atoms with Gasteiger partial charge >= 0.3 is 0 Å². The normalized spacial score (nSPS) is 14.3. The van der Waals surface area contributed by atoms with Crippen molar-refractivity contribution in [1.82, 2.24) is 15.3 Å². The maximum absolute atomic E-state index is 4.50. The standard InChI is InChI=1S/C16H17N3S/c1-11(13-3-6-17-7-4-13)19-12(2)14-9-16-15(18-10-14)5-8-20-16/h3-12,19H,1-2H3/t11-,12?/m1/s1. The summed E-state index contributed by atoms with van der Waals surface area (Å²) in [4.78, 5) is 8.56. The Balaban J connectivity index is 1.76. The fourth-order valence-electron chi connectivity index (χ4n) is 2.32. The summed E-state index contributed by atoms with van der Waals surface area (Å²) in [5.41, 5.74) is 3.55. The van der Waals surface area contributed by atoms with Crippen LogP contribution in [0.5, 0.6) is 0 Å².